The molecule has 0 aliphatic rings. The smallest absolute Gasteiger partial charge is 0.267 e. The number of nitrogens with zero attached hydrogens (tertiary/aromatic N) is 2. The molecule has 3 nitrogen and oxygen atoms in total. The van der Waals surface area contributed by atoms with Crippen LogP contribution in [0.25, 0.3) is 12.2 Å². The first-order valence-electron chi connectivity index (χ1n) is 6.82. The predicted octanol–water partition coefficient (Wildman–Crippen LogP) is 4.40. The largest absolute Gasteiger partial charge is 0.279 e. The van der Waals surface area contributed by atoms with E-state index in [1.165, 1.54) is 4.68 Å². The van der Waals surface area contributed by atoms with Crippen LogP contribution in [0.4, 0.5) is 0 Å². The molecule has 0 aliphatic carbocycles. The van der Waals surface area contributed by atoms with Gasteiger partial charge < -0.3 is 0 Å². The third-order valence-electron chi connectivity index (χ3n) is 3.17. The molecule has 0 N–H and O–H groups in total. The summed E-state index contributed by atoms with van der Waals surface area (Å²) in [5, 5.41) is 4.69. The Hall–Kier alpha value is -2.65. The first kappa shape index (κ1) is 14.3. The molecule has 22 heavy (non-hydrogen) atoms. The van der Waals surface area contributed by atoms with Gasteiger partial charge in [0.25, 0.3) is 5.91 Å². The predicted molar refractivity (Wildman–Crippen MR) is 88.8 cm³/mol. The maximum Gasteiger partial charge on any atom is 0.279 e. The molecule has 0 saturated carbocycles. The van der Waals surface area contributed by atoms with Crippen molar-refractivity contribution in [2.45, 2.75) is 0 Å². The van der Waals surface area contributed by atoms with Crippen molar-refractivity contribution in [1.29, 1.82) is 0 Å². The fourth-order valence-corrected chi connectivity index (χ4v) is 2.26. The summed E-state index contributed by atoms with van der Waals surface area (Å²) >= 11 is 6.04. The van der Waals surface area contributed by atoms with Crippen molar-refractivity contribution < 1.29 is 4.79 Å². The van der Waals surface area contributed by atoms with Crippen molar-refractivity contribution in [3.8, 4) is 0 Å². The first-order valence-corrected chi connectivity index (χ1v) is 7.20. The number of benzene rings is 2. The van der Waals surface area contributed by atoms with Gasteiger partial charge in [0.2, 0.25) is 0 Å². The van der Waals surface area contributed by atoms with Gasteiger partial charge in [0.15, 0.2) is 0 Å². The number of halogens is 1. The second-order valence-electron chi connectivity index (χ2n) is 4.71. The topological polar surface area (TPSA) is 34.9 Å². The number of aromatic nitrogens is 2. The van der Waals surface area contributed by atoms with E-state index in [9.17, 15) is 4.79 Å². The van der Waals surface area contributed by atoms with Crippen LogP contribution in [-0.4, -0.2) is 15.7 Å². The van der Waals surface area contributed by atoms with Crippen molar-refractivity contribution in [2.75, 3.05) is 0 Å². The molecule has 0 unspecified atom stereocenters. The van der Waals surface area contributed by atoms with Gasteiger partial charge in [0.1, 0.15) is 0 Å². The number of rotatable bonds is 3. The van der Waals surface area contributed by atoms with Gasteiger partial charge >= 0.3 is 0 Å². The van der Waals surface area contributed by atoms with Gasteiger partial charge in [-0.25, -0.2) is 4.68 Å². The average molecular weight is 309 g/mol. The van der Waals surface area contributed by atoms with E-state index in [0.717, 1.165) is 5.56 Å². The molecular weight excluding hydrogens is 296 g/mol. The Morgan fingerprint density at radius 2 is 1.68 bits per heavy atom. The Balaban J connectivity index is 1.81. The number of hydrogen-bond acceptors (Lipinski definition) is 2. The summed E-state index contributed by atoms with van der Waals surface area (Å²) in [7, 11) is 0. The number of carbonyl (C=O) groups excluding carboxylic acids is 1. The van der Waals surface area contributed by atoms with Crippen LogP contribution in [0.2, 0.25) is 5.02 Å². The molecule has 0 aliphatic heterocycles. The second-order valence-corrected chi connectivity index (χ2v) is 5.12. The van der Waals surface area contributed by atoms with Crippen LogP contribution in [0.1, 0.15) is 21.6 Å². The summed E-state index contributed by atoms with van der Waals surface area (Å²) in [6, 6.07) is 18.6. The second kappa shape index (κ2) is 6.41. The molecular formula is C18H13ClN2O. The highest BCUT2D eigenvalue weighted by atomic mass is 35.5. The first-order chi connectivity index (χ1) is 10.7. The van der Waals surface area contributed by atoms with Gasteiger partial charge in [-0.1, -0.05) is 60.1 Å². The molecule has 0 radical (unpaired) electrons. The summed E-state index contributed by atoms with van der Waals surface area (Å²) < 4.78 is 1.30. The van der Waals surface area contributed by atoms with E-state index in [-0.39, 0.29) is 5.91 Å². The zero-order valence-corrected chi connectivity index (χ0v) is 12.4. The van der Waals surface area contributed by atoms with Crippen LogP contribution >= 0.6 is 11.6 Å². The van der Waals surface area contributed by atoms with E-state index in [1.54, 1.807) is 36.5 Å². The zero-order chi connectivity index (χ0) is 15.4. The third kappa shape index (κ3) is 3.15. The van der Waals surface area contributed by atoms with E-state index in [4.69, 9.17) is 11.6 Å². The molecule has 1 aromatic heterocycles. The van der Waals surface area contributed by atoms with Gasteiger partial charge in [-0.3, -0.25) is 4.79 Å². The SMILES string of the molecule is O=C(c1ccccc1Cl)n1ccc(/C=C/c2ccccc2)n1. The Morgan fingerprint density at radius 1 is 0.955 bits per heavy atom. The van der Waals surface area contributed by atoms with Gasteiger partial charge in [-0.2, -0.15) is 5.10 Å². The Morgan fingerprint density at radius 3 is 2.45 bits per heavy atom. The Kier molecular flexibility index (Phi) is 4.17. The minimum Gasteiger partial charge on any atom is -0.267 e. The van der Waals surface area contributed by atoms with Crippen molar-refractivity contribution in [3.63, 3.8) is 0 Å². The fraction of sp³-hybridized carbons (Fsp3) is 0. The molecule has 0 fully saturated rings. The van der Waals surface area contributed by atoms with Gasteiger partial charge in [-0.05, 0) is 29.8 Å². The molecule has 0 saturated heterocycles. The van der Waals surface area contributed by atoms with Crippen LogP contribution in [0.3, 0.4) is 0 Å². The quantitative estimate of drug-likeness (QED) is 0.719. The lowest BCUT2D eigenvalue weighted by atomic mass is 10.2. The lowest BCUT2D eigenvalue weighted by molar-refractivity contribution is 0.0945. The summed E-state index contributed by atoms with van der Waals surface area (Å²) in [6.45, 7) is 0. The fourth-order valence-electron chi connectivity index (χ4n) is 2.04. The molecule has 1 heterocycles. The standard InChI is InChI=1S/C18H13ClN2O/c19-17-9-5-4-8-16(17)18(22)21-13-12-15(20-21)11-10-14-6-2-1-3-7-14/h1-13H/b11-10+. The molecule has 108 valence electrons. The van der Waals surface area contributed by atoms with Gasteiger partial charge in [0.05, 0.1) is 16.3 Å². The summed E-state index contributed by atoms with van der Waals surface area (Å²) in [4.78, 5) is 12.3. The molecule has 0 atom stereocenters. The van der Waals surface area contributed by atoms with Gasteiger partial charge in [-0.15, -0.1) is 0 Å². The normalized spacial score (nSPS) is 11.0. The summed E-state index contributed by atoms with van der Waals surface area (Å²) in [5.74, 6) is -0.245. The molecule has 0 spiro atoms. The Labute approximate surface area is 133 Å². The maximum absolute atomic E-state index is 12.3. The highest BCUT2D eigenvalue weighted by Gasteiger charge is 2.12. The highest BCUT2D eigenvalue weighted by molar-refractivity contribution is 6.33. The van der Waals surface area contributed by atoms with Crippen LogP contribution in [0.5, 0.6) is 0 Å². The highest BCUT2D eigenvalue weighted by Crippen LogP contribution is 2.16. The monoisotopic (exact) mass is 308 g/mol. The van der Waals surface area contributed by atoms with Crippen molar-refractivity contribution >= 4 is 29.7 Å². The van der Waals surface area contributed by atoms with Crippen LogP contribution in [0.15, 0.2) is 66.9 Å². The third-order valence-corrected chi connectivity index (χ3v) is 3.50. The minimum atomic E-state index is -0.245. The van der Waals surface area contributed by atoms with Crippen molar-refractivity contribution in [3.05, 3.63) is 88.7 Å². The van der Waals surface area contributed by atoms with Crippen LogP contribution < -0.4 is 0 Å². The van der Waals surface area contributed by atoms with Crippen LogP contribution in [-0.2, 0) is 0 Å². The molecule has 3 aromatic rings. The van der Waals surface area contributed by atoms with Crippen molar-refractivity contribution in [2.24, 2.45) is 0 Å². The summed E-state index contributed by atoms with van der Waals surface area (Å²) in [5.41, 5.74) is 2.23. The lowest BCUT2D eigenvalue weighted by Crippen LogP contribution is -2.13. The number of hydrogen-bond donors (Lipinski definition) is 0. The molecule has 2 aromatic carbocycles. The van der Waals surface area contributed by atoms with E-state index in [2.05, 4.69) is 5.10 Å². The molecule has 0 amide bonds. The van der Waals surface area contributed by atoms with Gasteiger partial charge in [0, 0.05) is 6.20 Å². The minimum absolute atomic E-state index is 0.245. The van der Waals surface area contributed by atoms with E-state index >= 15 is 0 Å². The van der Waals surface area contributed by atoms with E-state index in [0.29, 0.717) is 16.3 Å². The maximum atomic E-state index is 12.3. The molecule has 3 rings (SSSR count). The summed E-state index contributed by atoms with van der Waals surface area (Å²) in [6.07, 6.45) is 5.45. The molecule has 0 bridgehead atoms. The van der Waals surface area contributed by atoms with Crippen LogP contribution in [0, 0.1) is 0 Å². The zero-order valence-electron chi connectivity index (χ0n) is 11.7. The van der Waals surface area contributed by atoms with E-state index in [1.807, 2.05) is 42.5 Å². The lowest BCUT2D eigenvalue weighted by Gasteiger charge is -2.02. The van der Waals surface area contributed by atoms with Crippen molar-refractivity contribution in [1.82, 2.24) is 9.78 Å². The van der Waals surface area contributed by atoms with E-state index < -0.39 is 0 Å². The average Bonchev–Trinajstić information content (AvgIpc) is 3.03. The molecule has 4 heteroatoms. The number of carbonyl (C=O) groups is 1. The Bertz CT molecular complexity index is 822.